The maximum absolute atomic E-state index is 12.5. The highest BCUT2D eigenvalue weighted by atomic mass is 16.5. The topological polar surface area (TPSA) is 87.3 Å². The third-order valence-corrected chi connectivity index (χ3v) is 3.72. The summed E-state index contributed by atoms with van der Waals surface area (Å²) in [5.74, 6) is -0.262. The second kappa shape index (κ2) is 6.04. The predicted octanol–water partition coefficient (Wildman–Crippen LogP) is -0.294. The van der Waals surface area contributed by atoms with Gasteiger partial charge in [0.2, 0.25) is 11.8 Å². The van der Waals surface area contributed by atoms with Crippen molar-refractivity contribution in [3.63, 3.8) is 0 Å². The molecule has 0 spiro atoms. The van der Waals surface area contributed by atoms with Crippen molar-refractivity contribution >= 4 is 11.8 Å². The Bertz CT molecular complexity index is 474. The van der Waals surface area contributed by atoms with Gasteiger partial charge < -0.3 is 15.0 Å². The molecule has 0 aliphatic carbocycles. The van der Waals surface area contributed by atoms with Crippen LogP contribution in [0.2, 0.25) is 0 Å². The van der Waals surface area contributed by atoms with Crippen LogP contribution in [-0.2, 0) is 20.7 Å². The van der Waals surface area contributed by atoms with E-state index in [4.69, 9.17) is 4.74 Å². The normalized spacial score (nSPS) is 22.0. The molecule has 0 radical (unpaired) electrons. The van der Waals surface area contributed by atoms with Crippen LogP contribution in [0.5, 0.6) is 0 Å². The first-order valence-electron chi connectivity index (χ1n) is 6.64. The van der Waals surface area contributed by atoms with Crippen molar-refractivity contribution in [1.82, 2.24) is 20.4 Å². The number of aromatic nitrogens is 2. The smallest absolute Gasteiger partial charge is 0.248 e. The third-order valence-electron chi connectivity index (χ3n) is 3.72. The number of hydrogen-bond donors (Lipinski definition) is 2. The van der Waals surface area contributed by atoms with Gasteiger partial charge in [0.15, 0.2) is 0 Å². The number of rotatable bonds is 5. The molecular formula is C13H20N4O3. The van der Waals surface area contributed by atoms with Crippen LogP contribution in [0.25, 0.3) is 0 Å². The van der Waals surface area contributed by atoms with Gasteiger partial charge in [0, 0.05) is 32.6 Å². The van der Waals surface area contributed by atoms with E-state index < -0.39 is 5.54 Å². The molecule has 7 heteroatoms. The molecule has 1 aliphatic heterocycles. The highest BCUT2D eigenvalue weighted by Gasteiger charge is 2.49. The number of likely N-dealkylation sites (tertiary alicyclic amines) is 1. The average molecular weight is 280 g/mol. The number of carbonyl (C=O) groups is 2. The molecule has 1 aromatic heterocycles. The van der Waals surface area contributed by atoms with Crippen LogP contribution >= 0.6 is 0 Å². The highest BCUT2D eigenvalue weighted by molar-refractivity contribution is 5.92. The van der Waals surface area contributed by atoms with Crippen LogP contribution < -0.4 is 5.32 Å². The second-order valence-corrected chi connectivity index (χ2v) is 4.95. The van der Waals surface area contributed by atoms with Crippen LogP contribution in [0.4, 0.5) is 0 Å². The summed E-state index contributed by atoms with van der Waals surface area (Å²) in [4.78, 5) is 26.3. The molecule has 2 amide bonds. The fourth-order valence-electron chi connectivity index (χ4n) is 2.81. The summed E-state index contributed by atoms with van der Waals surface area (Å²) in [6, 6.07) is 1.76. The van der Waals surface area contributed by atoms with Crippen molar-refractivity contribution in [2.45, 2.75) is 24.8 Å². The van der Waals surface area contributed by atoms with E-state index in [9.17, 15) is 9.59 Å². The lowest BCUT2D eigenvalue weighted by Gasteiger charge is -2.36. The Balaban J connectivity index is 2.19. The summed E-state index contributed by atoms with van der Waals surface area (Å²) < 4.78 is 5.19. The molecular weight excluding hydrogens is 260 g/mol. The van der Waals surface area contributed by atoms with E-state index in [1.807, 2.05) is 0 Å². The number of carbonyl (C=O) groups excluding carboxylic acids is 2. The first kappa shape index (κ1) is 14.5. The van der Waals surface area contributed by atoms with Gasteiger partial charge in [0.05, 0.1) is 13.0 Å². The maximum Gasteiger partial charge on any atom is 0.248 e. The molecule has 0 bridgehead atoms. The summed E-state index contributed by atoms with van der Waals surface area (Å²) >= 11 is 0. The Labute approximate surface area is 117 Å². The first-order valence-corrected chi connectivity index (χ1v) is 6.64. The van der Waals surface area contributed by atoms with Crippen molar-refractivity contribution in [2.75, 3.05) is 27.3 Å². The van der Waals surface area contributed by atoms with Crippen LogP contribution in [-0.4, -0.2) is 59.8 Å². The van der Waals surface area contributed by atoms with Crippen molar-refractivity contribution in [1.29, 1.82) is 0 Å². The summed E-state index contributed by atoms with van der Waals surface area (Å²) in [5.41, 5.74) is -0.147. The molecule has 1 atom stereocenters. The molecule has 0 aromatic carbocycles. The summed E-state index contributed by atoms with van der Waals surface area (Å²) in [5, 5.41) is 9.23. The molecule has 110 valence electrons. The standard InChI is InChI=1S/C13H20N4O3/c1-14-12(19)13(9-20-2)5-3-7-17(13)11(18)8-10-4-6-15-16-10/h4,6H,3,5,7-9H2,1-2H3,(H,14,19)(H,15,16). The minimum absolute atomic E-state index is 0.0904. The van der Waals surface area contributed by atoms with E-state index in [1.165, 1.54) is 0 Å². The lowest BCUT2D eigenvalue weighted by molar-refractivity contribution is -0.147. The molecule has 20 heavy (non-hydrogen) atoms. The fraction of sp³-hybridized carbons (Fsp3) is 0.615. The lowest BCUT2D eigenvalue weighted by atomic mass is 9.95. The Hall–Kier alpha value is -1.89. The van der Waals surface area contributed by atoms with Gasteiger partial charge in [0.25, 0.3) is 0 Å². The number of hydrogen-bond acceptors (Lipinski definition) is 4. The molecule has 2 N–H and O–H groups in total. The molecule has 0 saturated carbocycles. The Morgan fingerprint density at radius 3 is 3.00 bits per heavy atom. The maximum atomic E-state index is 12.5. The molecule has 1 aliphatic rings. The molecule has 1 fully saturated rings. The lowest BCUT2D eigenvalue weighted by Crippen LogP contribution is -2.59. The van der Waals surface area contributed by atoms with E-state index in [2.05, 4.69) is 15.5 Å². The molecule has 2 heterocycles. The van der Waals surface area contributed by atoms with Gasteiger partial charge in [-0.05, 0) is 18.9 Å². The zero-order valence-electron chi connectivity index (χ0n) is 11.8. The van der Waals surface area contributed by atoms with Crippen molar-refractivity contribution in [3.05, 3.63) is 18.0 Å². The molecule has 1 saturated heterocycles. The molecule has 1 aromatic rings. The minimum Gasteiger partial charge on any atom is -0.382 e. The number of aromatic amines is 1. The number of nitrogens with one attached hydrogen (secondary N) is 2. The van der Waals surface area contributed by atoms with Gasteiger partial charge in [-0.15, -0.1) is 0 Å². The van der Waals surface area contributed by atoms with Gasteiger partial charge in [-0.1, -0.05) is 0 Å². The molecule has 7 nitrogen and oxygen atoms in total. The average Bonchev–Trinajstić information content (AvgIpc) is 3.08. The first-order chi connectivity index (χ1) is 9.64. The van der Waals surface area contributed by atoms with Crippen molar-refractivity contribution in [2.24, 2.45) is 0 Å². The Morgan fingerprint density at radius 2 is 2.40 bits per heavy atom. The minimum atomic E-state index is -0.888. The number of nitrogens with zero attached hydrogens (tertiary/aromatic N) is 2. The number of amides is 2. The summed E-state index contributed by atoms with van der Waals surface area (Å²) in [7, 11) is 3.12. The summed E-state index contributed by atoms with van der Waals surface area (Å²) in [6.07, 6.45) is 3.23. The van der Waals surface area contributed by atoms with Gasteiger partial charge in [-0.25, -0.2) is 0 Å². The Kier molecular flexibility index (Phi) is 4.39. The number of H-pyrrole nitrogens is 1. The van der Waals surface area contributed by atoms with E-state index in [0.29, 0.717) is 13.0 Å². The monoisotopic (exact) mass is 280 g/mol. The zero-order valence-corrected chi connectivity index (χ0v) is 11.8. The van der Waals surface area contributed by atoms with Crippen LogP contribution in [0.15, 0.2) is 12.3 Å². The SMILES string of the molecule is CNC(=O)C1(COC)CCCN1C(=O)Cc1ccn[nH]1. The van der Waals surface area contributed by atoms with Gasteiger partial charge >= 0.3 is 0 Å². The Morgan fingerprint density at radius 1 is 1.60 bits per heavy atom. The molecule has 2 rings (SSSR count). The number of ether oxygens (including phenoxy) is 1. The van der Waals surface area contributed by atoms with Crippen molar-refractivity contribution in [3.8, 4) is 0 Å². The quantitative estimate of drug-likeness (QED) is 0.775. The van der Waals surface area contributed by atoms with Crippen LogP contribution in [0, 0.1) is 0 Å². The number of likely N-dealkylation sites (N-methyl/N-ethyl adjacent to an activating group) is 1. The van der Waals surface area contributed by atoms with E-state index in [1.54, 1.807) is 31.3 Å². The van der Waals surface area contributed by atoms with Gasteiger partial charge in [-0.3, -0.25) is 14.7 Å². The predicted molar refractivity (Wildman–Crippen MR) is 71.9 cm³/mol. The summed E-state index contributed by atoms with van der Waals surface area (Å²) in [6.45, 7) is 0.783. The van der Waals surface area contributed by atoms with E-state index in [-0.39, 0.29) is 24.8 Å². The van der Waals surface area contributed by atoms with E-state index in [0.717, 1.165) is 12.1 Å². The zero-order chi connectivity index (χ0) is 14.6. The van der Waals surface area contributed by atoms with Gasteiger partial charge in [0.1, 0.15) is 5.54 Å². The number of methoxy groups -OCH3 is 1. The highest BCUT2D eigenvalue weighted by Crippen LogP contribution is 2.30. The second-order valence-electron chi connectivity index (χ2n) is 4.95. The van der Waals surface area contributed by atoms with Crippen LogP contribution in [0.1, 0.15) is 18.5 Å². The van der Waals surface area contributed by atoms with Crippen molar-refractivity contribution < 1.29 is 14.3 Å². The molecule has 1 unspecified atom stereocenters. The van der Waals surface area contributed by atoms with Gasteiger partial charge in [-0.2, -0.15) is 5.10 Å². The third kappa shape index (κ3) is 2.53. The largest absolute Gasteiger partial charge is 0.382 e. The fourth-order valence-corrected chi connectivity index (χ4v) is 2.81. The van der Waals surface area contributed by atoms with Crippen LogP contribution in [0.3, 0.4) is 0 Å². The van der Waals surface area contributed by atoms with E-state index >= 15 is 0 Å².